The van der Waals surface area contributed by atoms with Crippen LogP contribution < -0.4 is 5.32 Å². The van der Waals surface area contributed by atoms with Gasteiger partial charge in [0.1, 0.15) is 5.75 Å². The number of carbonyl (C=O) groups is 2. The Morgan fingerprint density at radius 1 is 1.10 bits per heavy atom. The fourth-order valence-electron chi connectivity index (χ4n) is 4.11. The zero-order valence-corrected chi connectivity index (χ0v) is 16.2. The van der Waals surface area contributed by atoms with Crippen LogP contribution in [0.15, 0.2) is 66.7 Å². The van der Waals surface area contributed by atoms with Crippen molar-refractivity contribution in [2.24, 2.45) is 0 Å². The predicted octanol–water partition coefficient (Wildman–Crippen LogP) is 4.10. The lowest BCUT2D eigenvalue weighted by Gasteiger charge is -2.26. The third kappa shape index (κ3) is 3.24. The number of H-pyrrole nitrogens is 1. The van der Waals surface area contributed by atoms with E-state index < -0.39 is 12.1 Å². The number of carbonyl (C=O) groups excluding carboxylic acids is 1. The highest BCUT2D eigenvalue weighted by molar-refractivity contribution is 6.02. The summed E-state index contributed by atoms with van der Waals surface area (Å²) in [5, 5.41) is 21.5. The minimum absolute atomic E-state index is 0.0429. The molecule has 1 aromatic heterocycles. The predicted molar refractivity (Wildman–Crippen MR) is 114 cm³/mol. The second-order valence-electron chi connectivity index (χ2n) is 7.35. The van der Waals surface area contributed by atoms with E-state index in [1.54, 1.807) is 17.0 Å². The van der Waals surface area contributed by atoms with Gasteiger partial charge in [0, 0.05) is 6.54 Å². The number of hydrogen-bond donors (Lipinski definition) is 4. The van der Waals surface area contributed by atoms with E-state index in [-0.39, 0.29) is 17.6 Å². The van der Waals surface area contributed by atoms with Crippen LogP contribution in [0.1, 0.15) is 33.1 Å². The summed E-state index contributed by atoms with van der Waals surface area (Å²) in [6.45, 7) is 0.380. The molecule has 2 heterocycles. The van der Waals surface area contributed by atoms with Crippen LogP contribution in [0.5, 0.6) is 5.75 Å². The number of phenols is 1. The number of anilines is 1. The van der Waals surface area contributed by atoms with Gasteiger partial charge in [-0.15, -0.1) is 0 Å². The van der Waals surface area contributed by atoms with Crippen LogP contribution in [0.4, 0.5) is 10.7 Å². The standard InChI is InChI=1S/C23H18N4O4/c28-18-8-4-7-15-19(18)21(29)27(12-13-5-2-1-3-6-13)20(15)14-9-10-16-17(11-14)25-22(24-16)26-23(30)31/h1-11,20,28H,12H2,(H,30,31)(H2,24,25,26). The van der Waals surface area contributed by atoms with Gasteiger partial charge in [-0.1, -0.05) is 48.5 Å². The first kappa shape index (κ1) is 18.7. The number of rotatable bonds is 4. The Labute approximate surface area is 176 Å². The number of aromatic hydroxyl groups is 1. The number of hydrogen-bond acceptors (Lipinski definition) is 4. The van der Waals surface area contributed by atoms with Crippen LogP contribution >= 0.6 is 0 Å². The number of amides is 2. The van der Waals surface area contributed by atoms with Crippen molar-refractivity contribution in [2.45, 2.75) is 12.6 Å². The molecule has 0 radical (unpaired) electrons. The summed E-state index contributed by atoms with van der Waals surface area (Å²) in [5.74, 6) is -0.153. The number of benzene rings is 3. The third-order valence-electron chi connectivity index (χ3n) is 5.40. The van der Waals surface area contributed by atoms with Gasteiger partial charge in [-0.25, -0.2) is 9.78 Å². The Balaban J connectivity index is 1.61. The van der Waals surface area contributed by atoms with E-state index in [2.05, 4.69) is 15.3 Å². The van der Waals surface area contributed by atoms with Crippen molar-refractivity contribution in [1.82, 2.24) is 14.9 Å². The van der Waals surface area contributed by atoms with Gasteiger partial charge >= 0.3 is 6.09 Å². The van der Waals surface area contributed by atoms with E-state index >= 15 is 0 Å². The number of nitrogens with zero attached hydrogens (tertiary/aromatic N) is 2. The molecular formula is C23H18N4O4. The van der Waals surface area contributed by atoms with Crippen LogP contribution in [0, 0.1) is 0 Å². The molecule has 0 saturated heterocycles. The van der Waals surface area contributed by atoms with Crippen molar-refractivity contribution < 1.29 is 19.8 Å². The number of aromatic nitrogens is 2. The molecule has 8 heteroatoms. The maximum absolute atomic E-state index is 13.3. The van der Waals surface area contributed by atoms with Crippen LogP contribution in [0.2, 0.25) is 0 Å². The van der Waals surface area contributed by atoms with Crippen molar-refractivity contribution in [3.05, 3.63) is 89.0 Å². The van der Waals surface area contributed by atoms with Gasteiger partial charge in [-0.2, -0.15) is 0 Å². The first-order valence-corrected chi connectivity index (χ1v) is 9.67. The summed E-state index contributed by atoms with van der Waals surface area (Å²) in [6, 6.07) is 19.8. The second-order valence-corrected chi connectivity index (χ2v) is 7.35. The molecule has 2 amide bonds. The minimum Gasteiger partial charge on any atom is -0.507 e. The second kappa shape index (κ2) is 7.17. The fourth-order valence-corrected chi connectivity index (χ4v) is 4.11. The van der Waals surface area contributed by atoms with Gasteiger partial charge in [0.2, 0.25) is 5.95 Å². The normalized spacial score (nSPS) is 15.3. The van der Waals surface area contributed by atoms with E-state index in [4.69, 9.17) is 5.11 Å². The highest BCUT2D eigenvalue weighted by Crippen LogP contribution is 2.43. The minimum atomic E-state index is -1.21. The van der Waals surface area contributed by atoms with Gasteiger partial charge in [0.05, 0.1) is 22.6 Å². The van der Waals surface area contributed by atoms with E-state index in [1.165, 1.54) is 6.07 Å². The highest BCUT2D eigenvalue weighted by Gasteiger charge is 2.39. The molecule has 0 saturated carbocycles. The molecule has 8 nitrogen and oxygen atoms in total. The number of imidazole rings is 1. The van der Waals surface area contributed by atoms with Crippen LogP contribution in [0.3, 0.4) is 0 Å². The van der Waals surface area contributed by atoms with Crippen LogP contribution in [-0.2, 0) is 6.54 Å². The molecule has 1 unspecified atom stereocenters. The molecule has 1 aliphatic rings. The molecular weight excluding hydrogens is 396 g/mol. The average Bonchev–Trinajstić information content (AvgIpc) is 3.26. The molecule has 0 fully saturated rings. The number of phenolic OH excluding ortho intramolecular Hbond substituents is 1. The number of nitrogens with one attached hydrogen (secondary N) is 2. The monoisotopic (exact) mass is 414 g/mol. The SMILES string of the molecule is O=C(O)Nc1nc2ccc(C3c4cccc(O)c4C(=O)N3Cc3ccccc3)cc2[nH]1. The molecule has 0 spiro atoms. The fraction of sp³-hybridized carbons (Fsp3) is 0.0870. The van der Waals surface area contributed by atoms with E-state index in [9.17, 15) is 14.7 Å². The van der Waals surface area contributed by atoms with E-state index in [0.717, 1.165) is 16.7 Å². The lowest BCUT2D eigenvalue weighted by Crippen LogP contribution is -2.28. The Morgan fingerprint density at radius 3 is 2.68 bits per heavy atom. The Hall–Kier alpha value is -4.33. The van der Waals surface area contributed by atoms with Gasteiger partial charge in [-0.05, 0) is 34.9 Å². The quantitative estimate of drug-likeness (QED) is 0.401. The summed E-state index contributed by atoms with van der Waals surface area (Å²) >= 11 is 0. The number of carboxylic acid groups (broad SMARTS) is 1. The van der Waals surface area contributed by atoms with E-state index in [1.807, 2.05) is 48.5 Å². The lowest BCUT2D eigenvalue weighted by molar-refractivity contribution is 0.0734. The molecule has 1 aliphatic heterocycles. The average molecular weight is 414 g/mol. The lowest BCUT2D eigenvalue weighted by atomic mass is 9.97. The Morgan fingerprint density at radius 2 is 1.90 bits per heavy atom. The summed E-state index contributed by atoms with van der Waals surface area (Å²) in [4.78, 5) is 33.1. The van der Waals surface area contributed by atoms with Crippen molar-refractivity contribution in [1.29, 1.82) is 0 Å². The maximum atomic E-state index is 13.3. The van der Waals surface area contributed by atoms with Gasteiger partial charge < -0.3 is 20.1 Å². The highest BCUT2D eigenvalue weighted by atomic mass is 16.4. The first-order valence-electron chi connectivity index (χ1n) is 9.67. The molecule has 31 heavy (non-hydrogen) atoms. The van der Waals surface area contributed by atoms with Crippen LogP contribution in [-0.4, -0.2) is 37.1 Å². The Bertz CT molecular complexity index is 1320. The van der Waals surface area contributed by atoms with Gasteiger partial charge in [0.25, 0.3) is 5.91 Å². The first-order chi connectivity index (χ1) is 15.0. The third-order valence-corrected chi connectivity index (χ3v) is 5.40. The van der Waals surface area contributed by atoms with Crippen molar-refractivity contribution >= 4 is 29.0 Å². The largest absolute Gasteiger partial charge is 0.507 e. The van der Waals surface area contributed by atoms with Gasteiger partial charge in [0.15, 0.2) is 0 Å². The molecule has 5 rings (SSSR count). The zero-order chi connectivity index (χ0) is 21.5. The molecule has 0 aliphatic carbocycles. The van der Waals surface area contributed by atoms with E-state index in [0.29, 0.717) is 23.1 Å². The molecule has 3 aromatic carbocycles. The zero-order valence-electron chi connectivity index (χ0n) is 16.2. The van der Waals surface area contributed by atoms with Crippen molar-refractivity contribution in [3.63, 3.8) is 0 Å². The number of fused-ring (bicyclic) bond motifs is 2. The van der Waals surface area contributed by atoms with Crippen molar-refractivity contribution in [2.75, 3.05) is 5.32 Å². The Kier molecular flexibility index (Phi) is 4.32. The smallest absolute Gasteiger partial charge is 0.411 e. The number of aromatic amines is 1. The molecule has 4 N–H and O–H groups in total. The molecule has 154 valence electrons. The summed E-state index contributed by atoms with van der Waals surface area (Å²) in [6.07, 6.45) is -1.21. The molecule has 1 atom stereocenters. The topological polar surface area (TPSA) is 119 Å². The summed E-state index contributed by atoms with van der Waals surface area (Å²) in [7, 11) is 0. The molecule has 4 aromatic rings. The van der Waals surface area contributed by atoms with Crippen molar-refractivity contribution in [3.8, 4) is 5.75 Å². The van der Waals surface area contributed by atoms with Crippen LogP contribution in [0.25, 0.3) is 11.0 Å². The summed E-state index contributed by atoms with van der Waals surface area (Å²) < 4.78 is 0. The van der Waals surface area contributed by atoms with Gasteiger partial charge in [-0.3, -0.25) is 10.1 Å². The maximum Gasteiger partial charge on any atom is 0.411 e. The summed E-state index contributed by atoms with van der Waals surface area (Å²) in [5.41, 5.74) is 4.07. The molecule has 0 bridgehead atoms.